The first kappa shape index (κ1) is 23.2. The number of ether oxygens (including phenoxy) is 3. The summed E-state index contributed by atoms with van der Waals surface area (Å²) < 4.78 is 15.1. The summed E-state index contributed by atoms with van der Waals surface area (Å²) in [5.41, 5.74) is 0.442. The molecule has 0 bridgehead atoms. The van der Waals surface area contributed by atoms with Crippen LogP contribution in [0.15, 0.2) is 54.6 Å². The molecule has 0 aliphatic rings. The van der Waals surface area contributed by atoms with Gasteiger partial charge in [0.15, 0.2) is 13.2 Å². The van der Waals surface area contributed by atoms with Crippen molar-refractivity contribution in [2.24, 2.45) is 0 Å². The van der Waals surface area contributed by atoms with Gasteiger partial charge >= 0.3 is 12.0 Å². The van der Waals surface area contributed by atoms with E-state index in [1.165, 1.54) is 14.0 Å². The Morgan fingerprint density at radius 2 is 1.55 bits per heavy atom. The van der Waals surface area contributed by atoms with Crippen molar-refractivity contribution in [3.63, 3.8) is 0 Å². The van der Waals surface area contributed by atoms with Crippen molar-refractivity contribution in [1.82, 2.24) is 10.6 Å². The maximum atomic E-state index is 11.9. The Balaban J connectivity index is 1.66. The van der Waals surface area contributed by atoms with Gasteiger partial charge in [0.1, 0.15) is 17.5 Å². The van der Waals surface area contributed by atoms with Crippen molar-refractivity contribution >= 4 is 29.5 Å². The van der Waals surface area contributed by atoms with Gasteiger partial charge in [-0.2, -0.15) is 0 Å². The van der Waals surface area contributed by atoms with Gasteiger partial charge in [-0.15, -0.1) is 0 Å². The highest BCUT2D eigenvalue weighted by Gasteiger charge is 2.19. The van der Waals surface area contributed by atoms with E-state index in [9.17, 15) is 19.2 Å². The first-order chi connectivity index (χ1) is 14.9. The number of hydrogen-bond acceptors (Lipinski definition) is 7. The first-order valence-electron chi connectivity index (χ1n) is 9.26. The lowest BCUT2D eigenvalue weighted by molar-refractivity contribution is -0.151. The number of methoxy groups -OCH3 is 1. The minimum absolute atomic E-state index is 0.284. The summed E-state index contributed by atoms with van der Waals surface area (Å²) in [6.07, 6.45) is 0. The molecule has 2 aromatic rings. The molecule has 2 rings (SSSR count). The van der Waals surface area contributed by atoms with E-state index in [2.05, 4.69) is 10.6 Å². The number of imide groups is 1. The Kier molecular flexibility index (Phi) is 8.84. The minimum atomic E-state index is -1.01. The molecule has 0 aliphatic carbocycles. The fourth-order valence-electron chi connectivity index (χ4n) is 2.27. The van der Waals surface area contributed by atoms with Crippen LogP contribution < -0.4 is 25.4 Å². The predicted molar refractivity (Wildman–Crippen MR) is 111 cm³/mol. The van der Waals surface area contributed by atoms with Crippen LogP contribution in [-0.4, -0.2) is 50.2 Å². The molecule has 0 radical (unpaired) electrons. The van der Waals surface area contributed by atoms with E-state index in [1.807, 2.05) is 11.4 Å². The van der Waals surface area contributed by atoms with E-state index < -0.39 is 36.5 Å². The molecule has 0 saturated heterocycles. The number of nitrogens with one attached hydrogen (secondary N) is 3. The average Bonchev–Trinajstić information content (AvgIpc) is 2.77. The fraction of sp³-hybridized carbons (Fsp3) is 0.238. The molecule has 10 heteroatoms. The predicted octanol–water partition coefficient (Wildman–Crippen LogP) is 1.47. The van der Waals surface area contributed by atoms with Gasteiger partial charge < -0.3 is 24.8 Å². The highest BCUT2D eigenvalue weighted by atomic mass is 16.5. The molecule has 10 nitrogen and oxygen atoms in total. The quantitative estimate of drug-likeness (QED) is 0.514. The molecule has 3 N–H and O–H groups in total. The number of rotatable bonds is 9. The van der Waals surface area contributed by atoms with Gasteiger partial charge in [0.25, 0.3) is 11.8 Å². The van der Waals surface area contributed by atoms with Crippen LogP contribution in [-0.2, 0) is 19.1 Å². The van der Waals surface area contributed by atoms with Crippen LogP contribution in [0.25, 0.3) is 0 Å². The number of anilines is 1. The third-order valence-electron chi connectivity index (χ3n) is 3.79. The number of esters is 1. The topological polar surface area (TPSA) is 132 Å². The maximum absolute atomic E-state index is 11.9. The normalized spacial score (nSPS) is 10.9. The van der Waals surface area contributed by atoms with E-state index in [-0.39, 0.29) is 6.61 Å². The second kappa shape index (κ2) is 11.8. The molecule has 4 amide bonds. The van der Waals surface area contributed by atoms with Crippen LogP contribution >= 0.6 is 0 Å². The lowest BCUT2D eigenvalue weighted by Gasteiger charge is -2.14. The number of carbonyl (C=O) groups is 4. The molecular weight excluding hydrogens is 406 g/mol. The number of amides is 4. The Labute approximate surface area is 178 Å². The van der Waals surface area contributed by atoms with Crippen molar-refractivity contribution in [1.29, 1.82) is 0 Å². The fourth-order valence-corrected chi connectivity index (χ4v) is 2.27. The Morgan fingerprint density at radius 1 is 0.871 bits per heavy atom. The lowest BCUT2D eigenvalue weighted by Crippen LogP contribution is -2.43. The van der Waals surface area contributed by atoms with Gasteiger partial charge in [-0.3, -0.25) is 14.9 Å². The van der Waals surface area contributed by atoms with E-state index >= 15 is 0 Å². The van der Waals surface area contributed by atoms with Gasteiger partial charge in [-0.1, -0.05) is 18.2 Å². The van der Waals surface area contributed by atoms with Crippen LogP contribution in [0, 0.1) is 0 Å². The first-order valence-corrected chi connectivity index (χ1v) is 9.26. The van der Waals surface area contributed by atoms with E-state index in [0.29, 0.717) is 17.2 Å². The summed E-state index contributed by atoms with van der Waals surface area (Å²) >= 11 is 0. The summed E-state index contributed by atoms with van der Waals surface area (Å²) in [6.45, 7) is 0.431. The molecule has 1 unspecified atom stereocenters. The standard InChI is InChI=1S/C21H23N3O7/c1-14(22-18(25)12-30-17-6-4-3-5-7-17)20(27)31-13-19(26)24-21(28)23-15-8-10-16(29-2)11-9-15/h3-11,14H,12-13H2,1-2H3,(H,22,25)(H2,23,24,26,28). The van der Waals surface area contributed by atoms with Gasteiger partial charge in [0.2, 0.25) is 0 Å². The van der Waals surface area contributed by atoms with E-state index in [4.69, 9.17) is 14.2 Å². The molecule has 164 valence electrons. The lowest BCUT2D eigenvalue weighted by atomic mass is 10.3. The third kappa shape index (κ3) is 8.44. The molecular formula is C21H23N3O7. The highest BCUT2D eigenvalue weighted by molar-refractivity contribution is 6.02. The molecule has 0 spiro atoms. The molecule has 0 fully saturated rings. The zero-order chi connectivity index (χ0) is 22.6. The molecule has 0 aliphatic heterocycles. The zero-order valence-electron chi connectivity index (χ0n) is 17.0. The van der Waals surface area contributed by atoms with Crippen LogP contribution in [0.5, 0.6) is 11.5 Å². The third-order valence-corrected chi connectivity index (χ3v) is 3.79. The number of benzene rings is 2. The SMILES string of the molecule is COc1ccc(NC(=O)NC(=O)COC(=O)C(C)NC(=O)COc2ccccc2)cc1. The Hall–Kier alpha value is -4.08. The largest absolute Gasteiger partial charge is 0.497 e. The molecule has 1 atom stereocenters. The number of para-hydroxylation sites is 1. The van der Waals surface area contributed by atoms with Crippen molar-refractivity contribution in [2.75, 3.05) is 25.6 Å². The summed E-state index contributed by atoms with van der Waals surface area (Å²) in [7, 11) is 1.51. The maximum Gasteiger partial charge on any atom is 0.328 e. The van der Waals surface area contributed by atoms with Gasteiger partial charge in [-0.25, -0.2) is 9.59 Å². The van der Waals surface area contributed by atoms with Crippen molar-refractivity contribution in [3.05, 3.63) is 54.6 Å². The van der Waals surface area contributed by atoms with E-state index in [0.717, 1.165) is 0 Å². The number of carbonyl (C=O) groups excluding carboxylic acids is 4. The van der Waals surface area contributed by atoms with Gasteiger partial charge in [0.05, 0.1) is 7.11 Å². The van der Waals surface area contributed by atoms with Crippen molar-refractivity contribution < 1.29 is 33.4 Å². The summed E-state index contributed by atoms with van der Waals surface area (Å²) in [6, 6.07) is 13.4. The summed E-state index contributed by atoms with van der Waals surface area (Å²) in [4.78, 5) is 47.3. The zero-order valence-corrected chi connectivity index (χ0v) is 17.0. The summed E-state index contributed by atoms with van der Waals surface area (Å²) in [5.74, 6) is -1.07. The van der Waals surface area contributed by atoms with Crippen LogP contribution in [0.3, 0.4) is 0 Å². The molecule has 31 heavy (non-hydrogen) atoms. The van der Waals surface area contributed by atoms with Crippen LogP contribution in [0.1, 0.15) is 6.92 Å². The van der Waals surface area contributed by atoms with Crippen molar-refractivity contribution in [2.45, 2.75) is 13.0 Å². The number of hydrogen-bond donors (Lipinski definition) is 3. The second-order valence-electron chi connectivity index (χ2n) is 6.23. The van der Waals surface area contributed by atoms with Gasteiger partial charge in [-0.05, 0) is 43.3 Å². The van der Waals surface area contributed by atoms with Crippen LogP contribution in [0.2, 0.25) is 0 Å². The van der Waals surface area contributed by atoms with Crippen molar-refractivity contribution in [3.8, 4) is 11.5 Å². The average molecular weight is 429 g/mol. The smallest absolute Gasteiger partial charge is 0.328 e. The van der Waals surface area contributed by atoms with Gasteiger partial charge in [0, 0.05) is 5.69 Å². The molecule has 0 heterocycles. The molecule has 0 aromatic heterocycles. The second-order valence-corrected chi connectivity index (χ2v) is 6.23. The Morgan fingerprint density at radius 3 is 2.19 bits per heavy atom. The minimum Gasteiger partial charge on any atom is -0.497 e. The highest BCUT2D eigenvalue weighted by Crippen LogP contribution is 2.14. The monoisotopic (exact) mass is 429 g/mol. The number of urea groups is 1. The molecule has 2 aromatic carbocycles. The Bertz CT molecular complexity index is 901. The molecule has 0 saturated carbocycles. The van der Waals surface area contributed by atoms with Crippen LogP contribution in [0.4, 0.5) is 10.5 Å². The van der Waals surface area contributed by atoms with E-state index in [1.54, 1.807) is 48.5 Å². The summed E-state index contributed by atoms with van der Waals surface area (Å²) in [5, 5.41) is 6.87.